The van der Waals surface area contributed by atoms with E-state index < -0.39 is 6.10 Å². The minimum Gasteiger partial charge on any atom is -0.392 e. The average Bonchev–Trinajstić information content (AvgIpc) is 2.95. The summed E-state index contributed by atoms with van der Waals surface area (Å²) in [5.74, 6) is 0.0925. The van der Waals surface area contributed by atoms with Gasteiger partial charge in [0.1, 0.15) is 0 Å². The molecule has 1 aromatic rings. The highest BCUT2D eigenvalue weighted by atomic mass is 32.1. The Labute approximate surface area is 112 Å². The first-order valence-electron chi connectivity index (χ1n) is 6.32. The molecule has 0 aliphatic carbocycles. The average molecular weight is 268 g/mol. The summed E-state index contributed by atoms with van der Waals surface area (Å²) in [5.41, 5.74) is 0. The predicted molar refractivity (Wildman–Crippen MR) is 72.4 cm³/mol. The number of hydrogen-bond donors (Lipinski definition) is 2. The summed E-state index contributed by atoms with van der Waals surface area (Å²) in [5, 5.41) is 14.6. The molecule has 0 bridgehead atoms. The fourth-order valence-corrected chi connectivity index (χ4v) is 2.89. The van der Waals surface area contributed by atoms with E-state index in [1.54, 1.807) is 11.3 Å². The number of thiophene rings is 1. The van der Waals surface area contributed by atoms with Gasteiger partial charge in [-0.25, -0.2) is 0 Å². The van der Waals surface area contributed by atoms with Crippen molar-refractivity contribution in [2.24, 2.45) is 0 Å². The normalized spacial score (nSPS) is 23.6. The van der Waals surface area contributed by atoms with Gasteiger partial charge in [-0.1, -0.05) is 6.07 Å². The molecule has 5 heteroatoms. The van der Waals surface area contributed by atoms with Crippen LogP contribution >= 0.6 is 11.3 Å². The molecule has 0 saturated carbocycles. The first-order valence-corrected chi connectivity index (χ1v) is 7.20. The van der Waals surface area contributed by atoms with Gasteiger partial charge in [-0.05, 0) is 31.7 Å². The van der Waals surface area contributed by atoms with Crippen molar-refractivity contribution in [3.8, 4) is 0 Å². The Kier molecular flexibility index (Phi) is 4.37. The maximum atomic E-state index is 12.4. The van der Waals surface area contributed by atoms with Crippen LogP contribution in [0.3, 0.4) is 0 Å². The topological polar surface area (TPSA) is 52.6 Å². The molecule has 1 aliphatic rings. The Morgan fingerprint density at radius 3 is 2.94 bits per heavy atom. The summed E-state index contributed by atoms with van der Waals surface area (Å²) in [7, 11) is 0. The Morgan fingerprint density at radius 1 is 1.67 bits per heavy atom. The van der Waals surface area contributed by atoms with Crippen LogP contribution in [0.25, 0.3) is 0 Å². The molecule has 2 N–H and O–H groups in total. The number of β-amino-alcohol motifs (C(OH)–C–C–N with tert-alkyl or cyclic N) is 1. The summed E-state index contributed by atoms with van der Waals surface area (Å²) in [4.78, 5) is 15.5. The molecule has 1 aromatic heterocycles. The molecule has 0 radical (unpaired) electrons. The van der Waals surface area contributed by atoms with E-state index in [1.807, 2.05) is 36.3 Å². The highest BCUT2D eigenvalue weighted by molar-refractivity contribution is 7.09. The number of aliphatic hydroxyl groups excluding tert-OH is 1. The Bertz CT molecular complexity index is 392. The Morgan fingerprint density at radius 2 is 2.44 bits per heavy atom. The third-order valence-corrected chi connectivity index (χ3v) is 4.08. The van der Waals surface area contributed by atoms with Crippen molar-refractivity contribution in [3.05, 3.63) is 22.4 Å². The minimum atomic E-state index is -0.394. The van der Waals surface area contributed by atoms with Gasteiger partial charge in [0.05, 0.1) is 18.7 Å². The first kappa shape index (κ1) is 13.5. The molecule has 1 amide bonds. The molecule has 1 aliphatic heterocycles. The third-order valence-electron chi connectivity index (χ3n) is 3.22. The zero-order valence-corrected chi connectivity index (χ0v) is 11.6. The molecule has 18 heavy (non-hydrogen) atoms. The van der Waals surface area contributed by atoms with Crippen molar-refractivity contribution in [2.45, 2.75) is 45.0 Å². The van der Waals surface area contributed by atoms with Crippen molar-refractivity contribution in [1.82, 2.24) is 10.2 Å². The second-order valence-electron chi connectivity index (χ2n) is 4.99. The van der Waals surface area contributed by atoms with Crippen LogP contribution < -0.4 is 5.32 Å². The lowest BCUT2D eigenvalue weighted by Crippen LogP contribution is -2.46. The van der Waals surface area contributed by atoms with E-state index in [2.05, 4.69) is 5.32 Å². The van der Waals surface area contributed by atoms with E-state index in [1.165, 1.54) is 4.88 Å². The SMILES string of the molecule is CC(C)N(Cc1cccs1)C(=O)C1CC(O)CN1. The van der Waals surface area contributed by atoms with Crippen LogP contribution in [0.1, 0.15) is 25.1 Å². The predicted octanol–water partition coefficient (Wildman–Crippen LogP) is 1.21. The van der Waals surface area contributed by atoms with E-state index in [0.29, 0.717) is 19.5 Å². The quantitative estimate of drug-likeness (QED) is 0.863. The molecule has 0 aromatic carbocycles. The largest absolute Gasteiger partial charge is 0.392 e. The zero-order valence-electron chi connectivity index (χ0n) is 10.8. The summed E-state index contributed by atoms with van der Waals surface area (Å²) >= 11 is 1.67. The number of carbonyl (C=O) groups excluding carboxylic acids is 1. The lowest BCUT2D eigenvalue weighted by Gasteiger charge is -2.29. The van der Waals surface area contributed by atoms with Gasteiger partial charge in [0.2, 0.25) is 5.91 Å². The minimum absolute atomic E-state index is 0.0925. The van der Waals surface area contributed by atoms with Crippen molar-refractivity contribution in [3.63, 3.8) is 0 Å². The van der Waals surface area contributed by atoms with E-state index in [9.17, 15) is 9.90 Å². The van der Waals surface area contributed by atoms with Gasteiger partial charge in [0, 0.05) is 17.5 Å². The molecule has 2 atom stereocenters. The van der Waals surface area contributed by atoms with Crippen molar-refractivity contribution >= 4 is 17.2 Å². The van der Waals surface area contributed by atoms with Gasteiger partial charge in [0.25, 0.3) is 0 Å². The molecule has 0 spiro atoms. The smallest absolute Gasteiger partial charge is 0.240 e. The fraction of sp³-hybridized carbons (Fsp3) is 0.615. The molecule has 2 heterocycles. The molecular formula is C13H20N2O2S. The Balaban J connectivity index is 2.03. The summed E-state index contributed by atoms with van der Waals surface area (Å²) in [6.45, 7) is 5.22. The monoisotopic (exact) mass is 268 g/mol. The first-order chi connectivity index (χ1) is 8.58. The summed E-state index contributed by atoms with van der Waals surface area (Å²) in [6, 6.07) is 3.98. The van der Waals surface area contributed by atoms with Gasteiger partial charge in [-0.2, -0.15) is 0 Å². The van der Waals surface area contributed by atoms with Crippen LogP contribution in [-0.4, -0.2) is 40.6 Å². The van der Waals surface area contributed by atoms with Crippen LogP contribution in [0.5, 0.6) is 0 Å². The number of rotatable bonds is 4. The highest BCUT2D eigenvalue weighted by Gasteiger charge is 2.32. The Hall–Kier alpha value is -0.910. The number of nitrogens with zero attached hydrogens (tertiary/aromatic N) is 1. The second kappa shape index (κ2) is 5.82. The van der Waals surface area contributed by atoms with Gasteiger partial charge < -0.3 is 15.3 Å². The van der Waals surface area contributed by atoms with Crippen LogP contribution in [0.15, 0.2) is 17.5 Å². The number of amides is 1. The number of carbonyl (C=O) groups is 1. The van der Waals surface area contributed by atoms with Crippen LogP contribution in [0.4, 0.5) is 0 Å². The third kappa shape index (κ3) is 3.10. The second-order valence-corrected chi connectivity index (χ2v) is 6.02. The van der Waals surface area contributed by atoms with Crippen molar-refractivity contribution < 1.29 is 9.90 Å². The van der Waals surface area contributed by atoms with Gasteiger partial charge in [0.15, 0.2) is 0 Å². The molecule has 4 nitrogen and oxygen atoms in total. The van der Waals surface area contributed by atoms with Crippen LogP contribution in [0, 0.1) is 0 Å². The van der Waals surface area contributed by atoms with Crippen molar-refractivity contribution in [1.29, 1.82) is 0 Å². The summed E-state index contributed by atoms with van der Waals surface area (Å²) in [6.07, 6.45) is 0.127. The van der Waals surface area contributed by atoms with E-state index >= 15 is 0 Å². The zero-order chi connectivity index (χ0) is 13.1. The van der Waals surface area contributed by atoms with E-state index in [4.69, 9.17) is 0 Å². The van der Waals surface area contributed by atoms with E-state index in [-0.39, 0.29) is 18.0 Å². The highest BCUT2D eigenvalue weighted by Crippen LogP contribution is 2.17. The lowest BCUT2D eigenvalue weighted by atomic mass is 10.1. The van der Waals surface area contributed by atoms with E-state index in [0.717, 1.165) is 0 Å². The number of aliphatic hydroxyl groups is 1. The maximum Gasteiger partial charge on any atom is 0.240 e. The molecule has 2 rings (SSSR count). The molecule has 1 fully saturated rings. The van der Waals surface area contributed by atoms with Crippen molar-refractivity contribution in [2.75, 3.05) is 6.54 Å². The van der Waals surface area contributed by atoms with Gasteiger partial charge in [-0.3, -0.25) is 4.79 Å². The molecule has 1 saturated heterocycles. The fourth-order valence-electron chi connectivity index (χ4n) is 2.19. The number of hydrogen-bond acceptors (Lipinski definition) is 4. The van der Waals surface area contributed by atoms with Gasteiger partial charge in [-0.15, -0.1) is 11.3 Å². The lowest BCUT2D eigenvalue weighted by molar-refractivity contribution is -0.135. The summed E-state index contributed by atoms with van der Waals surface area (Å²) < 4.78 is 0. The molecule has 100 valence electrons. The maximum absolute atomic E-state index is 12.4. The van der Waals surface area contributed by atoms with Crippen LogP contribution in [-0.2, 0) is 11.3 Å². The molecular weight excluding hydrogens is 248 g/mol. The van der Waals surface area contributed by atoms with Crippen LogP contribution in [0.2, 0.25) is 0 Å². The van der Waals surface area contributed by atoms with Gasteiger partial charge >= 0.3 is 0 Å². The number of nitrogens with one attached hydrogen (secondary N) is 1. The molecule has 2 unspecified atom stereocenters. The standard InChI is InChI=1S/C13H20N2O2S/c1-9(2)15(8-11-4-3-5-18-11)13(17)12-6-10(16)7-14-12/h3-5,9-10,12,14,16H,6-8H2,1-2H3.